The second-order valence-corrected chi connectivity index (χ2v) is 12.0. The van der Waals surface area contributed by atoms with E-state index in [9.17, 15) is 13.2 Å². The summed E-state index contributed by atoms with van der Waals surface area (Å²) in [6.45, 7) is 10.8. The number of halogens is 3. The van der Waals surface area contributed by atoms with Crippen molar-refractivity contribution < 1.29 is 17.6 Å². The van der Waals surface area contributed by atoms with Crippen LogP contribution in [0.1, 0.15) is 45.3 Å². The van der Waals surface area contributed by atoms with Crippen molar-refractivity contribution in [1.82, 2.24) is 9.78 Å². The smallest absolute Gasteiger partial charge is 0.414 e. The molecule has 21 heavy (non-hydrogen) atoms. The first kappa shape index (κ1) is 16.5. The Bertz CT molecular complexity index is 499. The minimum Gasteiger partial charge on any atom is -0.414 e. The van der Waals surface area contributed by atoms with Crippen molar-refractivity contribution in [2.24, 2.45) is 0 Å². The number of rotatable bonds is 3. The largest absolute Gasteiger partial charge is 0.433 e. The van der Waals surface area contributed by atoms with E-state index in [-0.39, 0.29) is 17.2 Å². The number of alkyl halides is 3. The average molecular weight is 320 g/mol. The van der Waals surface area contributed by atoms with E-state index >= 15 is 0 Å². The fourth-order valence-electron chi connectivity index (χ4n) is 2.26. The monoisotopic (exact) mass is 320 g/mol. The molecule has 3 nitrogen and oxygen atoms in total. The zero-order valence-electron chi connectivity index (χ0n) is 13.2. The third-order valence-electron chi connectivity index (χ3n) is 4.64. The van der Waals surface area contributed by atoms with Crippen LogP contribution in [0, 0.1) is 0 Å². The molecule has 0 aliphatic heterocycles. The van der Waals surface area contributed by atoms with Gasteiger partial charge in [0.05, 0.1) is 6.04 Å². The minimum atomic E-state index is -4.35. The Kier molecular flexibility index (Phi) is 4.03. The molecule has 0 amide bonds. The van der Waals surface area contributed by atoms with Crippen LogP contribution in [0.5, 0.6) is 0 Å². The molecule has 0 aromatic carbocycles. The van der Waals surface area contributed by atoms with E-state index in [0.29, 0.717) is 12.8 Å². The van der Waals surface area contributed by atoms with Gasteiger partial charge in [-0.05, 0) is 37.0 Å². The van der Waals surface area contributed by atoms with E-state index in [4.69, 9.17) is 4.43 Å². The van der Waals surface area contributed by atoms with Gasteiger partial charge in [-0.3, -0.25) is 4.68 Å². The Morgan fingerprint density at radius 3 is 2.29 bits per heavy atom. The average Bonchev–Trinajstić information content (AvgIpc) is 2.68. The van der Waals surface area contributed by atoms with Gasteiger partial charge >= 0.3 is 6.18 Å². The molecule has 0 radical (unpaired) electrons. The van der Waals surface area contributed by atoms with Crippen LogP contribution in [0.3, 0.4) is 0 Å². The van der Waals surface area contributed by atoms with Crippen LogP contribution in [0.15, 0.2) is 12.3 Å². The van der Waals surface area contributed by atoms with E-state index in [2.05, 4.69) is 39.0 Å². The quantitative estimate of drug-likeness (QED) is 0.759. The lowest BCUT2D eigenvalue weighted by Crippen LogP contribution is -2.48. The van der Waals surface area contributed by atoms with Crippen molar-refractivity contribution in [3.8, 4) is 0 Å². The van der Waals surface area contributed by atoms with Crippen LogP contribution >= 0.6 is 0 Å². The van der Waals surface area contributed by atoms with Crippen molar-refractivity contribution in [1.29, 1.82) is 0 Å². The van der Waals surface area contributed by atoms with Gasteiger partial charge < -0.3 is 4.43 Å². The molecule has 1 heterocycles. The normalized spacial score (nSPS) is 24.0. The van der Waals surface area contributed by atoms with Crippen molar-refractivity contribution in [3.05, 3.63) is 18.0 Å². The highest BCUT2D eigenvalue weighted by atomic mass is 28.4. The van der Waals surface area contributed by atoms with Gasteiger partial charge in [0.25, 0.3) is 0 Å². The van der Waals surface area contributed by atoms with Gasteiger partial charge in [0, 0.05) is 12.3 Å². The van der Waals surface area contributed by atoms with Gasteiger partial charge in [0.15, 0.2) is 8.32 Å². The molecule has 1 aromatic rings. The maximum Gasteiger partial charge on any atom is 0.433 e. The highest BCUT2D eigenvalue weighted by Gasteiger charge is 2.45. The maximum atomic E-state index is 12.8. The molecule has 7 heteroatoms. The fraction of sp³-hybridized carbons (Fsp3) is 0.786. The van der Waals surface area contributed by atoms with Crippen LogP contribution in [-0.4, -0.2) is 24.2 Å². The Morgan fingerprint density at radius 2 is 1.81 bits per heavy atom. The van der Waals surface area contributed by atoms with Crippen molar-refractivity contribution in [2.75, 3.05) is 0 Å². The molecular formula is C14H23F3N2OSi. The van der Waals surface area contributed by atoms with Crippen LogP contribution in [0.25, 0.3) is 0 Å². The molecule has 1 fully saturated rings. The molecule has 0 N–H and O–H groups in total. The molecule has 0 unspecified atom stereocenters. The SMILES string of the molecule is CC(C)(C)[Si](C)(C)OC1CC(n2nccc2C(F)(F)F)C1. The predicted molar refractivity (Wildman–Crippen MR) is 77.6 cm³/mol. The van der Waals surface area contributed by atoms with Crippen molar-refractivity contribution >= 4 is 8.32 Å². The van der Waals surface area contributed by atoms with Crippen LogP contribution in [0.4, 0.5) is 13.2 Å². The van der Waals surface area contributed by atoms with Crippen molar-refractivity contribution in [2.45, 2.75) is 70.1 Å². The zero-order valence-corrected chi connectivity index (χ0v) is 14.2. The topological polar surface area (TPSA) is 27.1 Å². The molecule has 1 aliphatic carbocycles. The highest BCUT2D eigenvalue weighted by Crippen LogP contribution is 2.44. The first-order valence-corrected chi connectivity index (χ1v) is 10.1. The Hall–Kier alpha value is -0.823. The zero-order chi connectivity index (χ0) is 16.1. The summed E-state index contributed by atoms with van der Waals surface area (Å²) in [5.74, 6) is 0. The fourth-order valence-corrected chi connectivity index (χ4v) is 3.64. The van der Waals surface area contributed by atoms with E-state index in [1.165, 1.54) is 6.20 Å². The summed E-state index contributed by atoms with van der Waals surface area (Å²) < 4.78 is 45.8. The first-order chi connectivity index (χ1) is 9.42. The summed E-state index contributed by atoms with van der Waals surface area (Å²) in [5.41, 5.74) is -0.668. The lowest BCUT2D eigenvalue weighted by Gasteiger charge is -2.45. The number of hydrogen-bond donors (Lipinski definition) is 0. The predicted octanol–water partition coefficient (Wildman–Crippen LogP) is 4.63. The number of aromatic nitrogens is 2. The lowest BCUT2D eigenvalue weighted by atomic mass is 9.89. The van der Waals surface area contributed by atoms with E-state index in [0.717, 1.165) is 10.7 Å². The van der Waals surface area contributed by atoms with Crippen LogP contribution in [-0.2, 0) is 10.6 Å². The standard InChI is InChI=1S/C14H23F3N2OSi/c1-13(2,3)21(4,5)20-11-8-10(9-11)19-12(6-7-18-19)14(15,16)17/h6-7,10-11H,8-9H2,1-5H3. The van der Waals surface area contributed by atoms with Gasteiger partial charge in [-0.15, -0.1) is 0 Å². The molecule has 1 saturated carbocycles. The number of nitrogens with zero attached hydrogens (tertiary/aromatic N) is 2. The molecular weight excluding hydrogens is 297 g/mol. The second kappa shape index (κ2) is 5.12. The highest BCUT2D eigenvalue weighted by molar-refractivity contribution is 6.74. The first-order valence-electron chi connectivity index (χ1n) is 7.20. The van der Waals surface area contributed by atoms with E-state index < -0.39 is 20.2 Å². The summed E-state index contributed by atoms with van der Waals surface area (Å²) in [7, 11) is -1.85. The van der Waals surface area contributed by atoms with Gasteiger partial charge in [-0.1, -0.05) is 20.8 Å². The number of hydrogen-bond acceptors (Lipinski definition) is 2. The summed E-state index contributed by atoms with van der Waals surface area (Å²) in [5, 5.41) is 3.95. The molecule has 120 valence electrons. The lowest BCUT2D eigenvalue weighted by molar-refractivity contribution is -0.146. The Labute approximate surface area is 124 Å². The third-order valence-corrected chi connectivity index (χ3v) is 9.18. The molecule has 0 saturated heterocycles. The summed E-state index contributed by atoms with van der Waals surface area (Å²) in [6.07, 6.45) is -1.86. The van der Waals surface area contributed by atoms with Crippen molar-refractivity contribution in [3.63, 3.8) is 0 Å². The molecule has 1 aromatic heterocycles. The molecule has 0 bridgehead atoms. The van der Waals surface area contributed by atoms with E-state index in [1.807, 2.05) is 0 Å². The summed E-state index contributed by atoms with van der Waals surface area (Å²) in [4.78, 5) is 0. The van der Waals surface area contributed by atoms with Crippen LogP contribution < -0.4 is 0 Å². The van der Waals surface area contributed by atoms with Gasteiger partial charge in [-0.2, -0.15) is 18.3 Å². The Morgan fingerprint density at radius 1 is 1.24 bits per heavy atom. The molecule has 0 atom stereocenters. The van der Waals surface area contributed by atoms with Gasteiger partial charge in [0.1, 0.15) is 5.69 Å². The third kappa shape index (κ3) is 3.34. The van der Waals surface area contributed by atoms with E-state index in [1.54, 1.807) is 0 Å². The Balaban J connectivity index is 1.98. The van der Waals surface area contributed by atoms with Gasteiger partial charge in [0.2, 0.25) is 0 Å². The maximum absolute atomic E-state index is 12.8. The molecule has 1 aliphatic rings. The van der Waals surface area contributed by atoms with Crippen LogP contribution in [0.2, 0.25) is 18.1 Å². The minimum absolute atomic E-state index is 0.0566. The molecule has 2 rings (SSSR count). The second-order valence-electron chi connectivity index (χ2n) is 7.28. The summed E-state index contributed by atoms with van der Waals surface area (Å²) in [6, 6.07) is 0.827. The molecule has 0 spiro atoms. The summed E-state index contributed by atoms with van der Waals surface area (Å²) >= 11 is 0. The van der Waals surface area contributed by atoms with Gasteiger partial charge in [-0.25, -0.2) is 0 Å².